The van der Waals surface area contributed by atoms with Gasteiger partial charge in [-0.25, -0.2) is 0 Å². The van der Waals surface area contributed by atoms with Crippen LogP contribution in [0.4, 0.5) is 34.1 Å². The predicted octanol–water partition coefficient (Wildman–Crippen LogP) is 13.0. The molecule has 0 aromatic heterocycles. The monoisotopic (exact) mass is 626 g/mol. The molecule has 232 valence electrons. The molecule has 1 aliphatic heterocycles. The Bertz CT molecular complexity index is 2360. The van der Waals surface area contributed by atoms with Crippen molar-refractivity contribution in [3.05, 3.63) is 205 Å². The van der Waals surface area contributed by atoms with E-state index in [0.717, 1.165) is 23.5 Å². The van der Waals surface area contributed by atoms with Crippen LogP contribution in [0.25, 0.3) is 33.0 Å². The average Bonchev–Trinajstić information content (AvgIpc) is 3.18. The second-order valence-corrected chi connectivity index (χ2v) is 12.7. The molecule has 0 unspecified atom stereocenters. The summed E-state index contributed by atoms with van der Waals surface area (Å²) in [5.74, 6) is 0. The summed E-state index contributed by atoms with van der Waals surface area (Å²) in [6.07, 6.45) is 0.872. The maximum atomic E-state index is 2.42. The van der Waals surface area contributed by atoms with Gasteiger partial charge >= 0.3 is 0 Å². The Morgan fingerprint density at radius 2 is 0.796 bits per heavy atom. The number of para-hydroxylation sites is 3. The highest BCUT2D eigenvalue weighted by atomic mass is 15.2. The van der Waals surface area contributed by atoms with Crippen LogP contribution in [0.2, 0.25) is 0 Å². The van der Waals surface area contributed by atoms with Gasteiger partial charge in [0, 0.05) is 40.5 Å². The number of nitrogens with zero attached hydrogens (tertiary/aromatic N) is 2. The predicted molar refractivity (Wildman–Crippen MR) is 207 cm³/mol. The molecule has 0 N–H and O–H groups in total. The van der Waals surface area contributed by atoms with E-state index in [4.69, 9.17) is 0 Å². The van der Waals surface area contributed by atoms with Crippen LogP contribution in [0.5, 0.6) is 0 Å². The van der Waals surface area contributed by atoms with Crippen LogP contribution in [-0.2, 0) is 6.42 Å². The summed E-state index contributed by atoms with van der Waals surface area (Å²) in [7, 11) is 0. The summed E-state index contributed by atoms with van der Waals surface area (Å²) in [5, 5.41) is 2.53. The molecule has 9 rings (SSSR count). The Morgan fingerprint density at radius 3 is 1.41 bits per heavy atom. The number of hydrogen-bond acceptors (Lipinski definition) is 2. The van der Waals surface area contributed by atoms with Gasteiger partial charge in [0.2, 0.25) is 0 Å². The second kappa shape index (κ2) is 12.3. The smallest absolute Gasteiger partial charge is 0.0497 e. The zero-order chi connectivity index (χ0) is 32.6. The lowest BCUT2D eigenvalue weighted by Crippen LogP contribution is -2.18. The number of anilines is 6. The summed E-state index contributed by atoms with van der Waals surface area (Å²) in [6.45, 7) is 0. The Morgan fingerprint density at radius 1 is 0.347 bits per heavy atom. The molecule has 0 amide bonds. The first-order valence-corrected chi connectivity index (χ1v) is 16.9. The number of rotatable bonds is 6. The molecule has 0 spiro atoms. The largest absolute Gasteiger partial charge is 0.311 e. The summed E-state index contributed by atoms with van der Waals surface area (Å²) in [5.41, 5.74) is 14.6. The third kappa shape index (κ3) is 5.44. The Hall–Kier alpha value is -6.38. The zero-order valence-corrected chi connectivity index (χ0v) is 27.1. The van der Waals surface area contributed by atoms with Crippen molar-refractivity contribution in [2.24, 2.45) is 0 Å². The van der Waals surface area contributed by atoms with Crippen molar-refractivity contribution in [1.82, 2.24) is 0 Å². The van der Waals surface area contributed by atoms with Gasteiger partial charge in [-0.2, -0.15) is 0 Å². The van der Waals surface area contributed by atoms with Gasteiger partial charge < -0.3 is 9.80 Å². The molecular formula is C47H34N2. The fraction of sp³-hybridized carbons (Fsp3) is 0.0213. The van der Waals surface area contributed by atoms with E-state index in [1.54, 1.807) is 0 Å². The second-order valence-electron chi connectivity index (χ2n) is 12.7. The maximum absolute atomic E-state index is 2.42. The maximum Gasteiger partial charge on any atom is 0.0497 e. The minimum absolute atomic E-state index is 0.872. The molecule has 1 aliphatic rings. The van der Waals surface area contributed by atoms with E-state index in [1.807, 2.05) is 0 Å². The van der Waals surface area contributed by atoms with Gasteiger partial charge in [-0.15, -0.1) is 0 Å². The van der Waals surface area contributed by atoms with Gasteiger partial charge in [0.15, 0.2) is 0 Å². The summed E-state index contributed by atoms with van der Waals surface area (Å²) in [4.78, 5) is 4.72. The van der Waals surface area contributed by atoms with Crippen LogP contribution in [0.15, 0.2) is 194 Å². The summed E-state index contributed by atoms with van der Waals surface area (Å²) < 4.78 is 0. The van der Waals surface area contributed by atoms with Crippen molar-refractivity contribution in [2.75, 3.05) is 9.80 Å². The molecule has 0 fully saturated rings. The number of fused-ring (bicyclic) bond motifs is 3. The molecule has 0 radical (unpaired) electrons. The Labute approximate surface area is 287 Å². The molecule has 2 heteroatoms. The van der Waals surface area contributed by atoms with Crippen molar-refractivity contribution in [1.29, 1.82) is 0 Å². The van der Waals surface area contributed by atoms with E-state index < -0.39 is 0 Å². The fourth-order valence-corrected chi connectivity index (χ4v) is 7.21. The van der Waals surface area contributed by atoms with E-state index in [2.05, 4.69) is 204 Å². The molecule has 8 aromatic carbocycles. The molecule has 0 saturated heterocycles. The van der Waals surface area contributed by atoms with Crippen LogP contribution in [0.1, 0.15) is 11.1 Å². The normalized spacial score (nSPS) is 12.0. The van der Waals surface area contributed by atoms with Gasteiger partial charge in [-0.05, 0) is 123 Å². The molecule has 0 bridgehead atoms. The third-order valence-corrected chi connectivity index (χ3v) is 9.61. The third-order valence-electron chi connectivity index (χ3n) is 9.61. The number of hydrogen-bond donors (Lipinski definition) is 0. The quantitative estimate of drug-likeness (QED) is 0.181. The average molecular weight is 627 g/mol. The lowest BCUT2D eigenvalue weighted by molar-refractivity contribution is 1.09. The first kappa shape index (κ1) is 28.8. The van der Waals surface area contributed by atoms with Crippen molar-refractivity contribution in [2.45, 2.75) is 6.42 Å². The molecule has 1 heterocycles. The Kier molecular flexibility index (Phi) is 7.25. The molecule has 49 heavy (non-hydrogen) atoms. The van der Waals surface area contributed by atoms with Crippen molar-refractivity contribution in [3.63, 3.8) is 0 Å². The van der Waals surface area contributed by atoms with Crippen molar-refractivity contribution < 1.29 is 0 Å². The van der Waals surface area contributed by atoms with Gasteiger partial charge in [0.1, 0.15) is 0 Å². The van der Waals surface area contributed by atoms with E-state index in [1.165, 1.54) is 61.2 Å². The standard InChI is InChI=1S/C47H34N2/c1-4-14-42(15-5-1)48(43-16-6-2-7-17-43)45-26-22-35(23-27-45)37-24-28-46-40(31-37)33-41-32-39(38-21-20-34-12-10-11-13-36(34)30-38)25-29-47(41)49(46)44-18-8-3-9-19-44/h1-32H,33H2. The fourth-order valence-electron chi connectivity index (χ4n) is 7.21. The number of benzene rings is 8. The molecule has 0 atom stereocenters. The molecule has 8 aromatic rings. The summed E-state index contributed by atoms with van der Waals surface area (Å²) >= 11 is 0. The van der Waals surface area contributed by atoms with E-state index in [-0.39, 0.29) is 0 Å². The van der Waals surface area contributed by atoms with E-state index in [0.29, 0.717) is 0 Å². The highest BCUT2D eigenvalue weighted by Gasteiger charge is 2.25. The molecule has 2 nitrogen and oxygen atoms in total. The Balaban J connectivity index is 1.09. The van der Waals surface area contributed by atoms with Gasteiger partial charge in [-0.1, -0.05) is 115 Å². The molecular weight excluding hydrogens is 593 g/mol. The van der Waals surface area contributed by atoms with Gasteiger partial charge in [0.25, 0.3) is 0 Å². The van der Waals surface area contributed by atoms with Gasteiger partial charge in [-0.3, -0.25) is 0 Å². The van der Waals surface area contributed by atoms with Crippen LogP contribution in [0, 0.1) is 0 Å². The SMILES string of the molecule is c1ccc(N(c2ccccc2)c2ccc(-c3ccc4c(c3)Cc3cc(-c5ccc6ccccc6c5)ccc3N4c3ccccc3)cc2)cc1. The van der Waals surface area contributed by atoms with Crippen molar-refractivity contribution >= 4 is 44.9 Å². The minimum Gasteiger partial charge on any atom is -0.311 e. The lowest BCUT2D eigenvalue weighted by Gasteiger charge is -2.34. The van der Waals surface area contributed by atoms with Crippen LogP contribution < -0.4 is 9.80 Å². The van der Waals surface area contributed by atoms with Crippen molar-refractivity contribution in [3.8, 4) is 22.3 Å². The van der Waals surface area contributed by atoms with Crippen LogP contribution in [-0.4, -0.2) is 0 Å². The van der Waals surface area contributed by atoms with E-state index >= 15 is 0 Å². The van der Waals surface area contributed by atoms with Crippen LogP contribution in [0.3, 0.4) is 0 Å². The molecule has 0 aliphatic carbocycles. The topological polar surface area (TPSA) is 6.48 Å². The highest BCUT2D eigenvalue weighted by Crippen LogP contribution is 2.46. The highest BCUT2D eigenvalue weighted by molar-refractivity contribution is 5.90. The molecule has 0 saturated carbocycles. The zero-order valence-electron chi connectivity index (χ0n) is 27.1. The minimum atomic E-state index is 0.872. The lowest BCUT2D eigenvalue weighted by atomic mass is 9.90. The van der Waals surface area contributed by atoms with Gasteiger partial charge in [0.05, 0.1) is 0 Å². The first-order chi connectivity index (χ1) is 24.3. The first-order valence-electron chi connectivity index (χ1n) is 16.9. The summed E-state index contributed by atoms with van der Waals surface area (Å²) in [6, 6.07) is 70.1. The van der Waals surface area contributed by atoms with E-state index in [9.17, 15) is 0 Å². The van der Waals surface area contributed by atoms with Crippen LogP contribution >= 0.6 is 0 Å².